The number of aliphatic hydroxyl groups is 1. The van der Waals surface area contributed by atoms with Crippen molar-refractivity contribution in [2.24, 2.45) is 5.41 Å². The summed E-state index contributed by atoms with van der Waals surface area (Å²) in [5.74, 6) is -2.33. The number of hydrogen-bond donors (Lipinski definition) is 2. The van der Waals surface area contributed by atoms with Gasteiger partial charge in [0.2, 0.25) is 5.91 Å². The van der Waals surface area contributed by atoms with Crippen LogP contribution in [0.25, 0.3) is 0 Å². The number of piperidine rings is 1. The van der Waals surface area contributed by atoms with Gasteiger partial charge in [0.05, 0.1) is 12.1 Å². The van der Waals surface area contributed by atoms with Crippen LogP contribution in [0.4, 0.5) is 8.78 Å². The van der Waals surface area contributed by atoms with Gasteiger partial charge in [-0.3, -0.25) is 9.59 Å². The van der Waals surface area contributed by atoms with Gasteiger partial charge in [-0.05, 0) is 61.2 Å². The molecule has 1 saturated heterocycles. The predicted octanol–water partition coefficient (Wildman–Crippen LogP) is 5.32. The van der Waals surface area contributed by atoms with E-state index in [-0.39, 0.29) is 55.3 Å². The molecule has 0 aliphatic carbocycles. The summed E-state index contributed by atoms with van der Waals surface area (Å²) in [5, 5.41) is 13.1. The van der Waals surface area contributed by atoms with Gasteiger partial charge in [-0.2, -0.15) is 0 Å². The van der Waals surface area contributed by atoms with Gasteiger partial charge in [-0.1, -0.05) is 75.4 Å². The molecule has 3 aromatic carbocycles. The molecule has 246 valence electrons. The van der Waals surface area contributed by atoms with Crippen LogP contribution in [0.15, 0.2) is 78.9 Å². The van der Waals surface area contributed by atoms with Crippen molar-refractivity contribution in [3.05, 3.63) is 107 Å². The van der Waals surface area contributed by atoms with Crippen molar-refractivity contribution in [1.29, 1.82) is 0 Å². The van der Waals surface area contributed by atoms with Crippen LogP contribution in [0.5, 0.6) is 0 Å². The highest BCUT2D eigenvalue weighted by molar-refractivity contribution is 5.94. The molecule has 1 aliphatic rings. The van der Waals surface area contributed by atoms with Crippen molar-refractivity contribution < 1.29 is 29.0 Å². The van der Waals surface area contributed by atoms with Crippen LogP contribution in [-0.2, 0) is 10.3 Å². The summed E-state index contributed by atoms with van der Waals surface area (Å²) in [7, 11) is 0. The number of benzene rings is 3. The highest BCUT2D eigenvalue weighted by Gasteiger charge is 2.39. The number of carbonyl (C=O) groups is 2. The summed E-state index contributed by atoms with van der Waals surface area (Å²) in [4.78, 5) is 30.3. The van der Waals surface area contributed by atoms with E-state index in [2.05, 4.69) is 22.3 Å². The topological polar surface area (TPSA) is 104 Å². The summed E-state index contributed by atoms with van der Waals surface area (Å²) in [6, 6.07) is 22.9. The molecule has 1 fully saturated rings. The molecule has 0 spiro atoms. The van der Waals surface area contributed by atoms with Crippen molar-refractivity contribution in [2.75, 3.05) is 39.3 Å². The Morgan fingerprint density at radius 1 is 0.956 bits per heavy atom. The lowest BCUT2D eigenvalue weighted by Crippen LogP contribution is -2.55. The first-order valence-electron chi connectivity index (χ1n) is 15.0. The standard InChI is InChI=1S/C35H43F2N3O3.ClH.H2O/c1-34(2,3)33(43)38-35(29-12-8-5-9-13-29)17-20-39(21-18-35)19-16-28(27-14-15-30(36)31(37)24-27)25-40(22-23-41)32(42)26-10-6-4-7-11-26;;/h4-15,24,28,41H,16-23,25H2,1-3H3,(H,38,43);1H;1H2. The number of rotatable bonds is 11. The van der Waals surface area contributed by atoms with Crippen molar-refractivity contribution in [3.63, 3.8) is 0 Å². The fourth-order valence-electron chi connectivity index (χ4n) is 5.70. The van der Waals surface area contributed by atoms with Gasteiger partial charge in [0.15, 0.2) is 11.6 Å². The molecule has 0 radical (unpaired) electrons. The van der Waals surface area contributed by atoms with Crippen molar-refractivity contribution in [2.45, 2.75) is 51.5 Å². The Labute approximate surface area is 271 Å². The summed E-state index contributed by atoms with van der Waals surface area (Å²) in [6.45, 7) is 8.07. The third-order valence-corrected chi connectivity index (χ3v) is 8.40. The largest absolute Gasteiger partial charge is 0.412 e. The lowest BCUT2D eigenvalue weighted by Gasteiger charge is -2.44. The lowest BCUT2D eigenvalue weighted by atomic mass is 9.79. The van der Waals surface area contributed by atoms with Gasteiger partial charge < -0.3 is 25.7 Å². The normalized spacial score (nSPS) is 15.2. The Bertz CT molecular complexity index is 1360. The van der Waals surface area contributed by atoms with Crippen LogP contribution in [0, 0.1) is 17.0 Å². The van der Waals surface area contributed by atoms with E-state index in [1.165, 1.54) is 6.07 Å². The molecule has 3 aromatic rings. The minimum Gasteiger partial charge on any atom is -0.412 e. The first-order valence-corrected chi connectivity index (χ1v) is 15.0. The molecule has 1 unspecified atom stereocenters. The van der Waals surface area contributed by atoms with Gasteiger partial charge in [-0.25, -0.2) is 8.78 Å². The minimum atomic E-state index is -0.925. The van der Waals surface area contributed by atoms with Crippen molar-refractivity contribution in [3.8, 4) is 0 Å². The number of nitrogens with zero attached hydrogens (tertiary/aromatic N) is 2. The van der Waals surface area contributed by atoms with Gasteiger partial charge in [-0.15, -0.1) is 12.4 Å². The SMILES string of the molecule is CC(C)(C)C(=O)NC1(c2ccccc2)CCN(CCC(CN(CCO)C(=O)c2ccccc2)c2ccc(F)c(F)c2)CC1.Cl.O. The molecule has 4 rings (SSSR count). The second-order valence-electron chi connectivity index (χ2n) is 12.5. The van der Waals surface area contributed by atoms with E-state index in [0.717, 1.165) is 37.6 Å². The van der Waals surface area contributed by atoms with Gasteiger partial charge in [0.25, 0.3) is 5.91 Å². The van der Waals surface area contributed by atoms with Crippen LogP contribution in [0.1, 0.15) is 67.4 Å². The smallest absolute Gasteiger partial charge is 0.253 e. The Morgan fingerprint density at radius 2 is 1.56 bits per heavy atom. The Kier molecular flexibility index (Phi) is 14.1. The molecule has 10 heteroatoms. The maximum absolute atomic E-state index is 14.3. The molecule has 0 saturated carbocycles. The van der Waals surface area contributed by atoms with Crippen LogP contribution in [-0.4, -0.2) is 71.5 Å². The zero-order valence-electron chi connectivity index (χ0n) is 26.3. The van der Waals surface area contributed by atoms with Gasteiger partial charge >= 0.3 is 0 Å². The summed E-state index contributed by atoms with van der Waals surface area (Å²) >= 11 is 0. The second kappa shape index (κ2) is 16.8. The summed E-state index contributed by atoms with van der Waals surface area (Å²) in [6.07, 6.45) is 2.07. The fraction of sp³-hybridized carbons (Fsp3) is 0.429. The minimum absolute atomic E-state index is 0. The van der Waals surface area contributed by atoms with Crippen LogP contribution in [0.3, 0.4) is 0 Å². The van der Waals surface area contributed by atoms with Crippen LogP contribution in [0.2, 0.25) is 0 Å². The van der Waals surface area contributed by atoms with E-state index in [0.29, 0.717) is 24.1 Å². The van der Waals surface area contributed by atoms with E-state index in [1.807, 2.05) is 45.0 Å². The van der Waals surface area contributed by atoms with E-state index in [9.17, 15) is 23.5 Å². The predicted molar refractivity (Wildman–Crippen MR) is 175 cm³/mol. The number of likely N-dealkylation sites (tertiary alicyclic amines) is 1. The average molecular weight is 646 g/mol. The molecule has 1 atom stereocenters. The van der Waals surface area contributed by atoms with Crippen molar-refractivity contribution >= 4 is 24.2 Å². The van der Waals surface area contributed by atoms with E-state index in [4.69, 9.17) is 0 Å². The number of halogens is 3. The molecule has 0 bridgehead atoms. The molecule has 2 amide bonds. The maximum Gasteiger partial charge on any atom is 0.253 e. The molecule has 0 aromatic heterocycles. The highest BCUT2D eigenvalue weighted by Crippen LogP contribution is 2.35. The van der Waals surface area contributed by atoms with E-state index >= 15 is 0 Å². The zero-order chi connectivity index (χ0) is 31.0. The molecule has 45 heavy (non-hydrogen) atoms. The second-order valence-corrected chi connectivity index (χ2v) is 12.5. The fourth-order valence-corrected chi connectivity index (χ4v) is 5.70. The number of amides is 2. The number of carbonyl (C=O) groups excluding carboxylic acids is 2. The number of nitrogens with one attached hydrogen (secondary N) is 1. The molecule has 7 nitrogen and oxygen atoms in total. The Hall–Kier alpha value is -3.37. The monoisotopic (exact) mass is 645 g/mol. The van der Waals surface area contributed by atoms with E-state index in [1.54, 1.807) is 35.2 Å². The molecule has 4 N–H and O–H groups in total. The number of aliphatic hydroxyl groups excluding tert-OH is 1. The molecular formula is C35H46ClF2N3O4. The summed E-state index contributed by atoms with van der Waals surface area (Å²) in [5.41, 5.74) is 1.21. The number of hydrogen-bond acceptors (Lipinski definition) is 4. The third kappa shape index (κ3) is 9.81. The quantitative estimate of drug-likeness (QED) is 0.294. The first-order chi connectivity index (χ1) is 20.5. The zero-order valence-corrected chi connectivity index (χ0v) is 27.1. The molecule has 1 aliphatic heterocycles. The van der Waals surface area contributed by atoms with Gasteiger partial charge in [0, 0.05) is 43.1 Å². The average Bonchev–Trinajstić information content (AvgIpc) is 3.01. The highest BCUT2D eigenvalue weighted by atomic mass is 35.5. The van der Waals surface area contributed by atoms with Gasteiger partial charge in [0.1, 0.15) is 0 Å². The van der Waals surface area contributed by atoms with Crippen LogP contribution < -0.4 is 5.32 Å². The Morgan fingerprint density at radius 3 is 2.11 bits per heavy atom. The van der Waals surface area contributed by atoms with Crippen molar-refractivity contribution in [1.82, 2.24) is 15.1 Å². The van der Waals surface area contributed by atoms with Crippen LogP contribution >= 0.6 is 12.4 Å². The third-order valence-electron chi connectivity index (χ3n) is 8.40. The maximum atomic E-state index is 14.3. The molecular weight excluding hydrogens is 600 g/mol. The first kappa shape index (κ1) is 37.8. The lowest BCUT2D eigenvalue weighted by molar-refractivity contribution is -0.131. The van der Waals surface area contributed by atoms with E-state index < -0.39 is 22.6 Å². The Balaban J connectivity index is 0.00000353. The summed E-state index contributed by atoms with van der Waals surface area (Å²) < 4.78 is 28.2. The molecule has 1 heterocycles.